The topological polar surface area (TPSA) is 0 Å². The van der Waals surface area contributed by atoms with Gasteiger partial charge in [0.2, 0.25) is 0 Å². The first-order valence-corrected chi connectivity index (χ1v) is 4.79. The van der Waals surface area contributed by atoms with Gasteiger partial charge in [0.15, 0.2) is 0 Å². The zero-order chi connectivity index (χ0) is 9.07. The molecule has 0 nitrogen and oxygen atoms in total. The quantitative estimate of drug-likeness (QED) is 0.515. The van der Waals surface area contributed by atoms with E-state index in [0.717, 1.165) is 0 Å². The van der Waals surface area contributed by atoms with Crippen LogP contribution in [0.2, 0.25) is 0 Å². The molecule has 0 aromatic carbocycles. The van der Waals surface area contributed by atoms with Crippen LogP contribution in [0.4, 0.5) is 0 Å². The van der Waals surface area contributed by atoms with E-state index in [-0.39, 0.29) is 0 Å². The Bertz CT molecular complexity index is 47.9. The molecule has 10 radical (unpaired) electrons. The molecule has 0 aromatic rings. The average molecular weight is 192 g/mol. The molecule has 2 rings (SSSR count). The van der Waals surface area contributed by atoms with Crippen LogP contribution in [0, 0.1) is 64.2 Å². The largest absolute Gasteiger partial charge is 0.0312 e. The second-order valence-electron chi connectivity index (χ2n) is 1.92. The Kier molecular flexibility index (Phi) is 12.1. The van der Waals surface area contributed by atoms with Crippen LogP contribution in [0.3, 0.4) is 0 Å². The molecule has 0 atom stereocenters. The fourth-order valence-corrected chi connectivity index (χ4v) is 0.642. The SMILES string of the molecule is [CH2]=[Ti+2].[CH]1[CH][CH][CH][CH]1.[CH]1[CH][CH][CH][CH]1. The molecule has 0 aromatic heterocycles. The van der Waals surface area contributed by atoms with Gasteiger partial charge in [0.05, 0.1) is 0 Å². The molecule has 58 valence electrons. The molecule has 0 N–H and O–H groups in total. The van der Waals surface area contributed by atoms with Crippen molar-refractivity contribution in [2.75, 3.05) is 0 Å². The smallest absolute Gasteiger partial charge is 0.0312 e. The van der Waals surface area contributed by atoms with E-state index in [1.165, 1.54) is 0 Å². The van der Waals surface area contributed by atoms with Gasteiger partial charge in [-0.25, -0.2) is 0 Å². The first-order chi connectivity index (χ1) is 6.00. The summed E-state index contributed by atoms with van der Waals surface area (Å²) in [5.41, 5.74) is 0. The van der Waals surface area contributed by atoms with Gasteiger partial charge in [0, 0.05) is 0 Å². The van der Waals surface area contributed by atoms with Crippen molar-refractivity contribution in [3.05, 3.63) is 64.2 Å². The van der Waals surface area contributed by atoms with Gasteiger partial charge in [-0.15, -0.1) is 0 Å². The summed E-state index contributed by atoms with van der Waals surface area (Å²) in [6.45, 7) is 0. The summed E-state index contributed by atoms with van der Waals surface area (Å²) in [4.78, 5) is 3.25. The Balaban J connectivity index is 0.000000168. The van der Waals surface area contributed by atoms with Crippen molar-refractivity contribution in [3.8, 4) is 0 Å². The minimum Gasteiger partial charge on any atom is -0.0312 e. The van der Waals surface area contributed by atoms with Gasteiger partial charge < -0.3 is 0 Å². The van der Waals surface area contributed by atoms with Crippen molar-refractivity contribution in [2.45, 2.75) is 0 Å². The first kappa shape index (κ1) is 12.6. The second kappa shape index (κ2) is 11.6. The van der Waals surface area contributed by atoms with Crippen LogP contribution in [0.1, 0.15) is 0 Å². The van der Waals surface area contributed by atoms with Crippen molar-refractivity contribution in [1.29, 1.82) is 0 Å². The monoisotopic (exact) mass is 192 g/mol. The van der Waals surface area contributed by atoms with Crippen molar-refractivity contribution >= 4 is 4.82 Å². The summed E-state index contributed by atoms with van der Waals surface area (Å²) in [7, 11) is 0. The summed E-state index contributed by atoms with van der Waals surface area (Å²) in [6.07, 6.45) is 20.0. The number of hydrogen-bond acceptors (Lipinski definition) is 0. The van der Waals surface area contributed by atoms with Crippen molar-refractivity contribution < 1.29 is 20.0 Å². The molecule has 0 spiro atoms. The molecule has 12 heavy (non-hydrogen) atoms. The van der Waals surface area contributed by atoms with E-state index < -0.39 is 0 Å². The molecule has 0 saturated heterocycles. The third kappa shape index (κ3) is 8.68. The van der Waals surface area contributed by atoms with Crippen molar-refractivity contribution in [3.63, 3.8) is 0 Å². The molecule has 0 aliphatic heterocycles. The van der Waals surface area contributed by atoms with E-state index in [2.05, 4.69) is 4.82 Å². The van der Waals surface area contributed by atoms with Crippen LogP contribution >= 0.6 is 0 Å². The zero-order valence-electron chi connectivity index (χ0n) is 6.98. The average Bonchev–Trinajstić information content (AvgIpc) is 2.87. The van der Waals surface area contributed by atoms with Crippen molar-refractivity contribution in [1.82, 2.24) is 0 Å². The Morgan fingerprint density at radius 3 is 0.583 bits per heavy atom. The molecule has 0 amide bonds. The predicted octanol–water partition coefficient (Wildman–Crippen LogP) is 2.01. The third-order valence-electron chi connectivity index (χ3n) is 1.11. The van der Waals surface area contributed by atoms with Crippen molar-refractivity contribution in [2.24, 2.45) is 0 Å². The standard InChI is InChI=1S/2C5H5.CH2.Ti/c2*1-2-4-5-3-1;;/h2*1-5H;1H2;/q;;;+2. The van der Waals surface area contributed by atoms with E-state index in [9.17, 15) is 0 Å². The first-order valence-electron chi connectivity index (χ1n) is 3.69. The molecule has 2 fully saturated rings. The molecule has 2 aliphatic carbocycles. The minimum absolute atomic E-state index is 1.75. The van der Waals surface area contributed by atoms with Gasteiger partial charge in [-0.1, -0.05) is 0 Å². The molecule has 1 heteroatoms. The zero-order valence-corrected chi connectivity index (χ0v) is 8.54. The van der Waals surface area contributed by atoms with E-state index >= 15 is 0 Å². The Morgan fingerprint density at radius 1 is 0.417 bits per heavy atom. The maximum Gasteiger partial charge on any atom is -0.0312 e. The molecule has 0 bridgehead atoms. The Labute approximate surface area is 89.0 Å². The van der Waals surface area contributed by atoms with Gasteiger partial charge in [0.25, 0.3) is 0 Å². The normalized spacial score (nSPS) is 20.5. The number of rotatable bonds is 0. The van der Waals surface area contributed by atoms with Gasteiger partial charge in [-0.3, -0.25) is 0 Å². The van der Waals surface area contributed by atoms with Crippen LogP contribution in [-0.4, -0.2) is 4.82 Å². The Morgan fingerprint density at radius 2 is 0.500 bits per heavy atom. The molecule has 2 saturated carbocycles. The summed E-state index contributed by atoms with van der Waals surface area (Å²) in [5.74, 6) is 0. The van der Waals surface area contributed by atoms with Crippen LogP contribution in [0.25, 0.3) is 0 Å². The predicted molar refractivity (Wildman–Crippen MR) is 50.1 cm³/mol. The van der Waals surface area contributed by atoms with E-state index in [4.69, 9.17) is 0 Å². The fraction of sp³-hybridized carbons (Fsp3) is 0. The summed E-state index contributed by atoms with van der Waals surface area (Å²) in [6, 6.07) is 0. The van der Waals surface area contributed by atoms with Crippen LogP contribution in [0.5, 0.6) is 0 Å². The molecule has 0 unspecified atom stereocenters. The molecule has 0 heterocycles. The maximum atomic E-state index is 3.25. The maximum absolute atomic E-state index is 3.25. The van der Waals surface area contributed by atoms with Crippen LogP contribution in [0.15, 0.2) is 0 Å². The van der Waals surface area contributed by atoms with Gasteiger partial charge in [0.1, 0.15) is 0 Å². The summed E-state index contributed by atoms with van der Waals surface area (Å²) >= 11 is 1.75. The summed E-state index contributed by atoms with van der Waals surface area (Å²) < 4.78 is 0. The van der Waals surface area contributed by atoms with E-state index in [1.807, 2.05) is 64.2 Å². The Hall–Kier alpha value is 0.584. The third-order valence-corrected chi connectivity index (χ3v) is 1.11. The summed E-state index contributed by atoms with van der Waals surface area (Å²) in [5, 5.41) is 0. The van der Waals surface area contributed by atoms with E-state index in [0.29, 0.717) is 0 Å². The van der Waals surface area contributed by atoms with Crippen LogP contribution < -0.4 is 0 Å². The molecular weight excluding hydrogens is 180 g/mol. The van der Waals surface area contributed by atoms with E-state index in [1.54, 1.807) is 20.0 Å². The fourth-order valence-electron chi connectivity index (χ4n) is 0.642. The molecular formula is C11H12Ti+2. The van der Waals surface area contributed by atoms with Gasteiger partial charge >= 0.3 is 24.8 Å². The van der Waals surface area contributed by atoms with Crippen LogP contribution in [-0.2, 0) is 20.0 Å². The van der Waals surface area contributed by atoms with Gasteiger partial charge in [-0.2, -0.15) is 0 Å². The van der Waals surface area contributed by atoms with Gasteiger partial charge in [-0.05, 0) is 64.2 Å². The minimum atomic E-state index is 1.75. The molecule has 2 aliphatic rings. The second-order valence-corrected chi connectivity index (χ2v) is 1.92. The number of hydrogen-bond donors (Lipinski definition) is 0.